The number of carbonyl (C=O) groups excluding carboxylic acids is 1. The van der Waals surface area contributed by atoms with E-state index in [1.165, 1.54) is 30.3 Å². The molecule has 1 aliphatic rings. The number of nitrogens with one attached hydrogen (secondary N) is 1. The summed E-state index contributed by atoms with van der Waals surface area (Å²) in [5.41, 5.74) is 1.26. The largest absolute Gasteiger partial charge is 0.858 e. The summed E-state index contributed by atoms with van der Waals surface area (Å²) in [6, 6.07) is 12.3. The second-order valence-electron chi connectivity index (χ2n) is 5.96. The summed E-state index contributed by atoms with van der Waals surface area (Å²) in [6.45, 7) is 1.71. The summed E-state index contributed by atoms with van der Waals surface area (Å²) in [5.74, 6) is -1.05. The first kappa shape index (κ1) is 17.2. The predicted molar refractivity (Wildman–Crippen MR) is 91.8 cm³/mol. The van der Waals surface area contributed by atoms with Gasteiger partial charge >= 0.3 is 0 Å². The second-order valence-corrected chi connectivity index (χ2v) is 7.56. The number of nitrogens with zero attached hydrogens (tertiary/aromatic N) is 1. The molecule has 1 saturated carbocycles. The van der Waals surface area contributed by atoms with E-state index in [0.717, 1.165) is 12.8 Å². The highest BCUT2D eigenvalue weighted by Gasteiger charge is 2.24. The van der Waals surface area contributed by atoms with Gasteiger partial charge in [0, 0.05) is 17.5 Å². The van der Waals surface area contributed by atoms with Crippen LogP contribution in [0.1, 0.15) is 34.3 Å². The summed E-state index contributed by atoms with van der Waals surface area (Å²) in [4.78, 5) is 11.8. The molecule has 0 radical (unpaired) electrons. The zero-order valence-electron chi connectivity index (χ0n) is 13.6. The van der Waals surface area contributed by atoms with Crippen molar-refractivity contribution in [3.63, 3.8) is 0 Å². The van der Waals surface area contributed by atoms with E-state index in [2.05, 4.69) is 9.71 Å². The lowest BCUT2D eigenvalue weighted by Crippen LogP contribution is -2.25. The molecule has 0 heterocycles. The van der Waals surface area contributed by atoms with Crippen LogP contribution in [0.15, 0.2) is 57.8 Å². The molecule has 0 aromatic heterocycles. The van der Waals surface area contributed by atoms with Crippen molar-refractivity contribution in [2.24, 2.45) is 4.40 Å². The molecule has 0 aliphatic heterocycles. The summed E-state index contributed by atoms with van der Waals surface area (Å²) < 4.78 is 28.0. The molecule has 0 saturated heterocycles. The minimum absolute atomic E-state index is 0.127. The normalized spacial score (nSPS) is 15.0. The van der Waals surface area contributed by atoms with Crippen LogP contribution in [0.5, 0.6) is 0 Å². The van der Waals surface area contributed by atoms with Crippen molar-refractivity contribution in [1.29, 1.82) is 0 Å². The fraction of sp³-hybridized carbons (Fsp3) is 0.222. The van der Waals surface area contributed by atoms with Gasteiger partial charge in [-0.15, -0.1) is 0 Å². The first-order valence-corrected chi connectivity index (χ1v) is 9.30. The number of aryl methyl sites for hydroxylation is 1. The smallest absolute Gasteiger partial charge is 0.281 e. The van der Waals surface area contributed by atoms with Crippen LogP contribution in [0.2, 0.25) is 0 Å². The quantitative estimate of drug-likeness (QED) is 0.645. The lowest BCUT2D eigenvalue weighted by Gasteiger charge is -2.13. The minimum atomic E-state index is -4.13. The first-order valence-electron chi connectivity index (χ1n) is 7.86. The molecule has 2 aromatic carbocycles. The Balaban J connectivity index is 1.83. The number of rotatable bonds is 5. The Labute approximate surface area is 146 Å². The zero-order chi connectivity index (χ0) is 18.0. The molecule has 3 rings (SSSR count). The van der Waals surface area contributed by atoms with Crippen molar-refractivity contribution in [3.8, 4) is 0 Å². The van der Waals surface area contributed by atoms with Gasteiger partial charge in [0.1, 0.15) is 0 Å². The highest BCUT2D eigenvalue weighted by Crippen LogP contribution is 2.20. The number of hydrogen-bond acceptors (Lipinski definition) is 4. The molecule has 0 atom stereocenters. The van der Waals surface area contributed by atoms with Gasteiger partial charge in [0.05, 0.1) is 4.90 Å². The third-order valence-corrected chi connectivity index (χ3v) is 5.18. The third-order valence-electron chi connectivity index (χ3n) is 3.91. The fourth-order valence-corrected chi connectivity index (χ4v) is 3.20. The summed E-state index contributed by atoms with van der Waals surface area (Å²) in [7, 11) is -4.13. The van der Waals surface area contributed by atoms with Crippen molar-refractivity contribution < 1.29 is 18.3 Å². The van der Waals surface area contributed by atoms with E-state index in [0.29, 0.717) is 11.1 Å². The summed E-state index contributed by atoms with van der Waals surface area (Å²) >= 11 is 0. The summed E-state index contributed by atoms with van der Waals surface area (Å²) in [6.07, 6.45) is 1.94. The first-order chi connectivity index (χ1) is 11.9. The standard InChI is InChI=1S/C18H18N2O4S/c1-12-4-2-3-5-16(12)18(22)20-25(23,24)15-10-6-13(7-11-15)17(21)19-14-8-9-14/h2-7,10-11,14H,8-9H2,1H3,(H,19,21)(H,20,22)/p-1. The lowest BCUT2D eigenvalue weighted by molar-refractivity contribution is -0.212. The van der Waals surface area contributed by atoms with Gasteiger partial charge in [-0.05, 0) is 55.2 Å². The van der Waals surface area contributed by atoms with Gasteiger partial charge in [-0.2, -0.15) is 12.8 Å². The van der Waals surface area contributed by atoms with E-state index in [9.17, 15) is 18.3 Å². The number of benzene rings is 2. The maximum absolute atomic E-state index is 12.3. The van der Waals surface area contributed by atoms with Gasteiger partial charge in [-0.1, -0.05) is 24.3 Å². The van der Waals surface area contributed by atoms with Crippen LogP contribution >= 0.6 is 0 Å². The molecule has 2 aromatic rings. The maximum atomic E-state index is 12.3. The Morgan fingerprint density at radius 2 is 1.76 bits per heavy atom. The second kappa shape index (κ2) is 6.68. The van der Waals surface area contributed by atoms with Crippen molar-refractivity contribution in [3.05, 3.63) is 65.2 Å². The van der Waals surface area contributed by atoms with Gasteiger partial charge in [-0.3, -0.25) is 4.79 Å². The van der Waals surface area contributed by atoms with Crippen LogP contribution in [-0.4, -0.2) is 26.3 Å². The molecule has 130 valence electrons. The number of amides is 1. The predicted octanol–water partition coefficient (Wildman–Crippen LogP) is 1.38. The zero-order valence-corrected chi connectivity index (χ0v) is 14.4. The third kappa shape index (κ3) is 4.06. The maximum Gasteiger partial charge on any atom is 0.281 e. The van der Waals surface area contributed by atoms with E-state index in [1.54, 1.807) is 25.1 Å². The Kier molecular flexibility index (Phi) is 4.59. The molecule has 1 fully saturated rings. The van der Waals surface area contributed by atoms with E-state index >= 15 is 0 Å². The van der Waals surface area contributed by atoms with Gasteiger partial charge in [-0.25, -0.2) is 0 Å². The summed E-state index contributed by atoms with van der Waals surface area (Å²) in [5, 5.41) is 15.0. The Bertz CT molecular complexity index is 930. The molecule has 1 N–H and O–H groups in total. The van der Waals surface area contributed by atoms with Crippen LogP contribution in [0.25, 0.3) is 0 Å². The molecule has 0 spiro atoms. The minimum Gasteiger partial charge on any atom is -0.858 e. The molecule has 25 heavy (non-hydrogen) atoms. The monoisotopic (exact) mass is 357 g/mol. The van der Waals surface area contributed by atoms with Crippen LogP contribution in [-0.2, 0) is 10.0 Å². The number of carbonyl (C=O) groups is 1. The van der Waals surface area contributed by atoms with Gasteiger partial charge in [0.15, 0.2) is 0 Å². The van der Waals surface area contributed by atoms with Crippen molar-refractivity contribution in [2.75, 3.05) is 0 Å². The molecule has 1 amide bonds. The lowest BCUT2D eigenvalue weighted by atomic mass is 10.1. The van der Waals surface area contributed by atoms with Crippen LogP contribution in [0.4, 0.5) is 0 Å². The Morgan fingerprint density at radius 1 is 1.12 bits per heavy atom. The molecule has 0 bridgehead atoms. The molecular formula is C18H17N2O4S-. The molecule has 1 aliphatic carbocycles. The van der Waals surface area contributed by atoms with E-state index < -0.39 is 15.9 Å². The SMILES string of the molecule is Cc1ccccc1/C([O-])=N/S(=O)(=O)c1ccc(C(=O)NC2CC2)cc1. The van der Waals surface area contributed by atoms with Crippen LogP contribution in [0, 0.1) is 6.92 Å². The number of sulfonamides is 1. The highest BCUT2D eigenvalue weighted by atomic mass is 32.2. The van der Waals surface area contributed by atoms with Crippen LogP contribution in [0.3, 0.4) is 0 Å². The van der Waals surface area contributed by atoms with Crippen molar-refractivity contribution in [2.45, 2.75) is 30.7 Å². The Hall–Kier alpha value is -2.67. The van der Waals surface area contributed by atoms with Crippen molar-refractivity contribution in [1.82, 2.24) is 5.32 Å². The van der Waals surface area contributed by atoms with Gasteiger partial charge in [0.2, 0.25) is 0 Å². The molecule has 6 nitrogen and oxygen atoms in total. The Morgan fingerprint density at radius 3 is 2.36 bits per heavy atom. The molecular weight excluding hydrogens is 340 g/mol. The molecule has 7 heteroatoms. The van der Waals surface area contributed by atoms with Crippen molar-refractivity contribution >= 4 is 21.8 Å². The van der Waals surface area contributed by atoms with Crippen LogP contribution < -0.4 is 10.4 Å². The van der Waals surface area contributed by atoms with Gasteiger partial charge < -0.3 is 10.4 Å². The average Bonchev–Trinajstić information content (AvgIpc) is 3.39. The topological polar surface area (TPSA) is 98.7 Å². The molecule has 0 unspecified atom stereocenters. The average molecular weight is 357 g/mol. The van der Waals surface area contributed by atoms with E-state index in [1.807, 2.05) is 0 Å². The fourth-order valence-electron chi connectivity index (χ4n) is 2.30. The highest BCUT2D eigenvalue weighted by molar-refractivity contribution is 7.90. The van der Waals surface area contributed by atoms with Gasteiger partial charge in [0.25, 0.3) is 15.9 Å². The van der Waals surface area contributed by atoms with E-state index in [4.69, 9.17) is 0 Å². The van der Waals surface area contributed by atoms with E-state index in [-0.39, 0.29) is 22.4 Å². The number of hydrogen-bond donors (Lipinski definition) is 1.